The van der Waals surface area contributed by atoms with Gasteiger partial charge >= 0.3 is 40.0 Å². The van der Waals surface area contributed by atoms with E-state index >= 15 is 0 Å². The second-order valence-corrected chi connectivity index (χ2v) is 9.65. The van der Waals surface area contributed by atoms with Crippen LogP contribution in [-0.2, 0) is 24.9 Å². The first-order valence-electron chi connectivity index (χ1n) is 13.1. The quantitative estimate of drug-likeness (QED) is 0.0722. The van der Waals surface area contributed by atoms with E-state index in [2.05, 4.69) is 24.8 Å². The van der Waals surface area contributed by atoms with E-state index in [0.717, 1.165) is 25.7 Å². The molecular weight excluding hydrogens is 483 g/mol. The van der Waals surface area contributed by atoms with E-state index in [1.165, 1.54) is 89.9 Å². The summed E-state index contributed by atoms with van der Waals surface area (Å²) in [6.45, 7) is 4.47. The van der Waals surface area contributed by atoms with Gasteiger partial charge in [-0.15, -0.1) is 0 Å². The maximum atomic E-state index is 11.7. The number of hydrogen-bond acceptors (Lipinski definition) is 5. The smallest absolute Gasteiger partial charge is 1.00 e. The van der Waals surface area contributed by atoms with Crippen LogP contribution >= 0.6 is 0 Å². The molecule has 4 N–H and O–H groups in total. The summed E-state index contributed by atoms with van der Waals surface area (Å²) >= 11 is 0. The molecule has 35 heavy (non-hydrogen) atoms. The Morgan fingerprint density at radius 1 is 0.600 bits per heavy atom. The molecule has 0 spiro atoms. The minimum Gasteiger partial charge on any atom is -1.00 e. The van der Waals surface area contributed by atoms with E-state index in [4.69, 9.17) is 22.5 Å². The van der Waals surface area contributed by atoms with Crippen molar-refractivity contribution in [3.8, 4) is 0 Å². The monoisotopic (exact) mass is 534 g/mol. The van der Waals surface area contributed by atoms with Gasteiger partial charge in [0.05, 0.1) is 0 Å². The number of carbonyl (C=O) groups excluding carboxylic acids is 2. The molecule has 0 rings (SSSR count). The molecule has 0 atom stereocenters. The van der Waals surface area contributed by atoms with Crippen LogP contribution in [0.4, 0.5) is 0 Å². The van der Waals surface area contributed by atoms with Gasteiger partial charge in [0.2, 0.25) is 11.8 Å². The fourth-order valence-electron chi connectivity index (χ4n) is 3.43. The maximum Gasteiger partial charge on any atom is 1.00 e. The molecule has 206 valence electrons. The largest absolute Gasteiger partial charge is 1.00 e. The maximum absolute atomic E-state index is 11.7. The number of hydrogen-bond donors (Lipinski definition) is 4. The summed E-state index contributed by atoms with van der Waals surface area (Å²) in [5.74, 6) is -0.340. The van der Waals surface area contributed by atoms with Gasteiger partial charge < -0.3 is 1.43 Å². The summed E-state index contributed by atoms with van der Waals surface area (Å²) in [6, 6.07) is 0. The molecule has 0 radical (unpaired) electrons. The van der Waals surface area contributed by atoms with Crippen LogP contribution in [0.1, 0.15) is 144 Å². The van der Waals surface area contributed by atoms with Crippen molar-refractivity contribution in [3.63, 3.8) is 0 Å². The summed E-state index contributed by atoms with van der Waals surface area (Å²) in [7, 11) is -4.67. The SMILES string of the molecule is CCCCCCCCCCCC(=O)NONC(=O)CCCCCCCCCCC.O=S(=O)(O)O.[H-].[Na+]. The van der Waals surface area contributed by atoms with Crippen molar-refractivity contribution in [2.75, 3.05) is 0 Å². The molecule has 0 aromatic rings. The molecule has 0 saturated carbocycles. The summed E-state index contributed by atoms with van der Waals surface area (Å²) in [5.41, 5.74) is 4.61. The number of nitrogens with one attached hydrogen (secondary N) is 2. The Morgan fingerprint density at radius 2 is 0.829 bits per heavy atom. The predicted octanol–water partition coefficient (Wildman–Crippen LogP) is 3.37. The third-order valence-electron chi connectivity index (χ3n) is 5.34. The average molecular weight is 535 g/mol. The molecule has 9 nitrogen and oxygen atoms in total. The molecule has 0 aromatic heterocycles. The number of unbranched alkanes of at least 4 members (excludes halogenated alkanes) is 16. The van der Waals surface area contributed by atoms with Crippen LogP contribution in [0.15, 0.2) is 0 Å². The summed E-state index contributed by atoms with van der Waals surface area (Å²) < 4.78 is 31.6. The molecule has 11 heteroatoms. The van der Waals surface area contributed by atoms with Gasteiger partial charge in [-0.25, -0.2) is 11.0 Å². The third-order valence-corrected chi connectivity index (χ3v) is 5.34. The summed E-state index contributed by atoms with van der Waals surface area (Å²) in [4.78, 5) is 28.2. The molecule has 0 aliphatic heterocycles. The van der Waals surface area contributed by atoms with Crippen molar-refractivity contribution in [1.29, 1.82) is 0 Å². The Labute approximate surface area is 237 Å². The van der Waals surface area contributed by atoms with Crippen LogP contribution in [0.5, 0.6) is 0 Å². The van der Waals surface area contributed by atoms with Gasteiger partial charge in [0.25, 0.3) is 0 Å². The Bertz CT molecular complexity index is 543. The molecule has 0 aliphatic rings. The molecule has 0 unspecified atom stereocenters. The van der Waals surface area contributed by atoms with Gasteiger partial charge in [-0.2, -0.15) is 13.4 Å². The minimum atomic E-state index is -4.67. The van der Waals surface area contributed by atoms with Crippen LogP contribution in [0.25, 0.3) is 0 Å². The van der Waals surface area contributed by atoms with E-state index < -0.39 is 10.4 Å². The molecular formula is C24H51N2NaO7S. The van der Waals surface area contributed by atoms with E-state index in [9.17, 15) is 9.59 Å². The fourth-order valence-corrected chi connectivity index (χ4v) is 3.43. The van der Waals surface area contributed by atoms with Gasteiger partial charge in [-0.1, -0.05) is 117 Å². The Hall–Kier alpha value is -0.230. The molecule has 0 fully saturated rings. The first-order valence-corrected chi connectivity index (χ1v) is 14.5. The standard InChI is InChI=1S/C24H48N2O3.Na.H2O4S.H/c1-3-5-7-9-11-13-15-17-19-21-23(27)25-29-26-24(28)22-20-18-16-14-12-10-8-6-4-2;;1-5(2,3)4;/h3-22H2,1-2H3,(H,25,27)(H,26,28);;(H2,1,2,3,4);/q;+1;;-1. The van der Waals surface area contributed by atoms with Crippen molar-refractivity contribution in [2.24, 2.45) is 0 Å². The van der Waals surface area contributed by atoms with Crippen molar-refractivity contribution in [3.05, 3.63) is 0 Å². The van der Waals surface area contributed by atoms with Crippen LogP contribution < -0.4 is 40.5 Å². The minimum absolute atomic E-state index is 0. The topological polar surface area (TPSA) is 142 Å². The van der Waals surface area contributed by atoms with Crippen LogP contribution in [0.3, 0.4) is 0 Å². The average Bonchev–Trinajstić information content (AvgIpc) is 2.75. The van der Waals surface area contributed by atoms with Gasteiger partial charge in [0, 0.05) is 12.8 Å². The number of amides is 2. The van der Waals surface area contributed by atoms with E-state index in [1.807, 2.05) is 0 Å². The normalized spacial score (nSPS) is 10.6. The number of carbonyl (C=O) groups is 2. The van der Waals surface area contributed by atoms with E-state index in [0.29, 0.717) is 12.8 Å². The van der Waals surface area contributed by atoms with E-state index in [-0.39, 0.29) is 42.8 Å². The molecule has 0 heterocycles. The van der Waals surface area contributed by atoms with Crippen molar-refractivity contribution >= 4 is 22.2 Å². The zero-order valence-electron chi connectivity index (χ0n) is 23.5. The second-order valence-electron chi connectivity index (χ2n) is 8.76. The zero-order chi connectivity index (χ0) is 25.9. The first-order chi connectivity index (χ1) is 16.2. The van der Waals surface area contributed by atoms with Gasteiger partial charge in [-0.3, -0.25) is 18.7 Å². The Kier molecular flexibility index (Phi) is 33.7. The number of rotatable bonds is 22. The van der Waals surface area contributed by atoms with Gasteiger partial charge in [-0.05, 0) is 12.8 Å². The Morgan fingerprint density at radius 3 is 1.09 bits per heavy atom. The summed E-state index contributed by atoms with van der Waals surface area (Å²) in [6.07, 6.45) is 22.9. The van der Waals surface area contributed by atoms with Crippen molar-refractivity contribution in [2.45, 2.75) is 142 Å². The van der Waals surface area contributed by atoms with Gasteiger partial charge in [0.15, 0.2) is 0 Å². The molecule has 2 amide bonds. The van der Waals surface area contributed by atoms with Gasteiger partial charge in [0.1, 0.15) is 0 Å². The van der Waals surface area contributed by atoms with Crippen molar-refractivity contribution in [1.82, 2.24) is 11.0 Å². The summed E-state index contributed by atoms with van der Waals surface area (Å²) in [5, 5.41) is 0. The van der Waals surface area contributed by atoms with Crippen LogP contribution in [-0.4, -0.2) is 29.3 Å². The van der Waals surface area contributed by atoms with Crippen LogP contribution in [0, 0.1) is 0 Å². The van der Waals surface area contributed by atoms with Crippen LogP contribution in [0.2, 0.25) is 0 Å². The van der Waals surface area contributed by atoms with Crippen molar-refractivity contribution < 1.29 is 63.0 Å². The second kappa shape index (κ2) is 30.0. The fraction of sp³-hybridized carbons (Fsp3) is 0.917. The molecule has 0 saturated heterocycles. The van der Waals surface area contributed by atoms with E-state index in [1.54, 1.807) is 0 Å². The third kappa shape index (κ3) is 44.2. The molecule has 0 aromatic carbocycles. The molecule has 0 bridgehead atoms. The number of hydroxylamine groups is 2. The Balaban J connectivity index is -0.000000661. The molecule has 0 aliphatic carbocycles. The predicted molar refractivity (Wildman–Crippen MR) is 136 cm³/mol. The zero-order valence-corrected chi connectivity index (χ0v) is 25.3. The first kappa shape index (κ1) is 39.3.